The smallest absolute Gasteiger partial charge is 0.364 e. The molecular formula is C16H16O4. The molecule has 1 atom stereocenters. The number of hydrogen-bond acceptors (Lipinski definition) is 3. The Balaban J connectivity index is 2.08. The van der Waals surface area contributed by atoms with Crippen LogP contribution >= 0.6 is 0 Å². The summed E-state index contributed by atoms with van der Waals surface area (Å²) in [6, 6.07) is 18.0. The van der Waals surface area contributed by atoms with Crippen molar-refractivity contribution >= 4 is 5.97 Å². The summed E-state index contributed by atoms with van der Waals surface area (Å²) >= 11 is 0. The molecule has 0 radical (unpaired) electrons. The first-order valence-corrected chi connectivity index (χ1v) is 6.28. The van der Waals surface area contributed by atoms with Crippen LogP contribution in [0.25, 0.3) is 0 Å². The van der Waals surface area contributed by atoms with E-state index in [0.29, 0.717) is 5.56 Å². The Kier molecular flexibility index (Phi) is 4.50. The molecule has 4 nitrogen and oxygen atoms in total. The van der Waals surface area contributed by atoms with Gasteiger partial charge in [-0.2, -0.15) is 0 Å². The van der Waals surface area contributed by atoms with Gasteiger partial charge in [0, 0.05) is 6.42 Å². The molecule has 0 aliphatic carbocycles. The van der Waals surface area contributed by atoms with E-state index in [4.69, 9.17) is 4.74 Å². The largest absolute Gasteiger partial charge is 0.477 e. The average molecular weight is 272 g/mol. The fraction of sp³-hybridized carbons (Fsp3) is 0.188. The molecule has 0 aromatic heterocycles. The number of carbonyl (C=O) groups is 1. The van der Waals surface area contributed by atoms with E-state index in [-0.39, 0.29) is 13.0 Å². The molecule has 0 bridgehead atoms. The zero-order valence-electron chi connectivity index (χ0n) is 10.9. The third kappa shape index (κ3) is 3.66. The highest BCUT2D eigenvalue weighted by Gasteiger charge is 2.37. The molecular weight excluding hydrogens is 256 g/mol. The van der Waals surface area contributed by atoms with Crippen LogP contribution in [0.15, 0.2) is 60.7 Å². The summed E-state index contributed by atoms with van der Waals surface area (Å²) in [5.74, 6) is -3.62. The Hall–Kier alpha value is -2.17. The van der Waals surface area contributed by atoms with Gasteiger partial charge < -0.3 is 14.9 Å². The van der Waals surface area contributed by atoms with Crippen molar-refractivity contribution in [3.8, 4) is 0 Å². The Bertz CT molecular complexity index is 553. The van der Waals surface area contributed by atoms with Crippen molar-refractivity contribution in [3.63, 3.8) is 0 Å². The molecule has 20 heavy (non-hydrogen) atoms. The van der Waals surface area contributed by atoms with Crippen molar-refractivity contribution < 1.29 is 19.7 Å². The molecule has 2 aromatic carbocycles. The normalized spacial score (nSPS) is 13.7. The summed E-state index contributed by atoms with van der Waals surface area (Å²) in [6.45, 7) is 0.0382. The number of aliphatic hydroxyl groups is 1. The van der Waals surface area contributed by atoms with E-state index >= 15 is 0 Å². The number of benzene rings is 2. The molecule has 104 valence electrons. The Morgan fingerprint density at radius 3 is 1.95 bits per heavy atom. The van der Waals surface area contributed by atoms with Gasteiger partial charge in [0.05, 0.1) is 6.61 Å². The van der Waals surface area contributed by atoms with Gasteiger partial charge in [-0.3, -0.25) is 0 Å². The van der Waals surface area contributed by atoms with Gasteiger partial charge in [-0.15, -0.1) is 0 Å². The molecule has 0 saturated carbocycles. The lowest BCUT2D eigenvalue weighted by atomic mass is 10.1. The fourth-order valence-electron chi connectivity index (χ4n) is 1.84. The van der Waals surface area contributed by atoms with Crippen molar-refractivity contribution in [2.24, 2.45) is 0 Å². The molecule has 0 fully saturated rings. The average Bonchev–Trinajstić information content (AvgIpc) is 2.47. The maximum Gasteiger partial charge on any atom is 0.364 e. The van der Waals surface area contributed by atoms with E-state index in [9.17, 15) is 15.0 Å². The topological polar surface area (TPSA) is 66.8 Å². The highest BCUT2D eigenvalue weighted by molar-refractivity contribution is 5.75. The molecule has 0 spiro atoms. The third-order valence-corrected chi connectivity index (χ3v) is 2.94. The monoisotopic (exact) mass is 272 g/mol. The van der Waals surface area contributed by atoms with Crippen LogP contribution in [-0.2, 0) is 22.6 Å². The van der Waals surface area contributed by atoms with Gasteiger partial charge in [-0.05, 0) is 11.1 Å². The van der Waals surface area contributed by atoms with Crippen LogP contribution in [0, 0.1) is 0 Å². The van der Waals surface area contributed by atoms with Crippen LogP contribution in [0.2, 0.25) is 0 Å². The van der Waals surface area contributed by atoms with Gasteiger partial charge in [-0.25, -0.2) is 4.79 Å². The van der Waals surface area contributed by atoms with Gasteiger partial charge >= 0.3 is 5.97 Å². The number of hydrogen-bond donors (Lipinski definition) is 2. The van der Waals surface area contributed by atoms with Gasteiger partial charge in [0.1, 0.15) is 0 Å². The van der Waals surface area contributed by atoms with Crippen molar-refractivity contribution in [3.05, 3.63) is 71.8 Å². The quantitative estimate of drug-likeness (QED) is 0.791. The van der Waals surface area contributed by atoms with Crippen molar-refractivity contribution in [2.75, 3.05) is 0 Å². The summed E-state index contributed by atoms with van der Waals surface area (Å²) in [6.07, 6.45) is -0.101. The minimum absolute atomic E-state index is 0.0382. The van der Waals surface area contributed by atoms with E-state index in [1.165, 1.54) is 0 Å². The number of ether oxygens (including phenoxy) is 1. The maximum absolute atomic E-state index is 11.3. The van der Waals surface area contributed by atoms with Gasteiger partial charge in [0.2, 0.25) is 0 Å². The molecule has 0 amide bonds. The summed E-state index contributed by atoms with van der Waals surface area (Å²) in [7, 11) is 0. The van der Waals surface area contributed by atoms with Gasteiger partial charge in [-0.1, -0.05) is 60.7 Å². The summed E-state index contributed by atoms with van der Waals surface area (Å²) < 4.78 is 5.24. The Labute approximate surface area is 117 Å². The second kappa shape index (κ2) is 6.32. The molecule has 2 N–H and O–H groups in total. The zero-order chi connectivity index (χ0) is 14.4. The lowest BCUT2D eigenvalue weighted by Crippen LogP contribution is -2.43. The van der Waals surface area contributed by atoms with E-state index in [1.54, 1.807) is 24.3 Å². The molecule has 4 heteroatoms. The molecule has 0 heterocycles. The summed E-state index contributed by atoms with van der Waals surface area (Å²) in [5, 5.41) is 19.4. The van der Waals surface area contributed by atoms with E-state index in [1.807, 2.05) is 36.4 Å². The Morgan fingerprint density at radius 2 is 1.45 bits per heavy atom. The lowest BCUT2D eigenvalue weighted by molar-refractivity contribution is -0.227. The van der Waals surface area contributed by atoms with Crippen molar-refractivity contribution in [1.82, 2.24) is 0 Å². The first-order chi connectivity index (χ1) is 9.60. The molecule has 1 unspecified atom stereocenters. The predicted molar refractivity (Wildman–Crippen MR) is 74.0 cm³/mol. The van der Waals surface area contributed by atoms with E-state index < -0.39 is 11.8 Å². The zero-order valence-corrected chi connectivity index (χ0v) is 10.9. The van der Waals surface area contributed by atoms with Crippen LogP contribution in [-0.4, -0.2) is 22.0 Å². The first-order valence-electron chi connectivity index (χ1n) is 6.28. The van der Waals surface area contributed by atoms with Crippen LogP contribution in [0.4, 0.5) is 0 Å². The van der Waals surface area contributed by atoms with E-state index in [2.05, 4.69) is 0 Å². The van der Waals surface area contributed by atoms with Crippen LogP contribution < -0.4 is 0 Å². The van der Waals surface area contributed by atoms with Crippen molar-refractivity contribution in [2.45, 2.75) is 18.8 Å². The van der Waals surface area contributed by atoms with Gasteiger partial charge in [0.15, 0.2) is 0 Å². The second-order valence-electron chi connectivity index (χ2n) is 4.53. The fourth-order valence-corrected chi connectivity index (χ4v) is 1.84. The van der Waals surface area contributed by atoms with Crippen LogP contribution in [0.3, 0.4) is 0 Å². The molecule has 0 saturated heterocycles. The molecule has 0 aliphatic heterocycles. The maximum atomic E-state index is 11.3. The van der Waals surface area contributed by atoms with Crippen molar-refractivity contribution in [1.29, 1.82) is 0 Å². The standard InChI is InChI=1S/C16H16O4/c17-15(18)16(19,11-13-7-3-1-4-8-13)20-12-14-9-5-2-6-10-14/h1-10,19H,11-12H2,(H,17,18). The minimum atomic E-state index is -2.23. The Morgan fingerprint density at radius 1 is 0.950 bits per heavy atom. The third-order valence-electron chi connectivity index (χ3n) is 2.94. The summed E-state index contributed by atoms with van der Waals surface area (Å²) in [4.78, 5) is 11.3. The number of carboxylic acids is 1. The molecule has 0 aliphatic rings. The number of aliphatic carboxylic acids is 1. The molecule has 2 rings (SSSR count). The van der Waals surface area contributed by atoms with Crippen LogP contribution in [0.1, 0.15) is 11.1 Å². The highest BCUT2D eigenvalue weighted by Crippen LogP contribution is 2.18. The highest BCUT2D eigenvalue weighted by atomic mass is 16.6. The molecule has 2 aromatic rings. The second-order valence-corrected chi connectivity index (χ2v) is 4.53. The SMILES string of the molecule is O=C(O)C(O)(Cc1ccccc1)OCc1ccccc1. The lowest BCUT2D eigenvalue weighted by Gasteiger charge is -2.23. The van der Waals surface area contributed by atoms with E-state index in [0.717, 1.165) is 5.56 Å². The van der Waals surface area contributed by atoms with Gasteiger partial charge in [0.25, 0.3) is 5.79 Å². The van der Waals surface area contributed by atoms with Crippen LogP contribution in [0.5, 0.6) is 0 Å². The number of carboxylic acid groups (broad SMARTS) is 1. The predicted octanol–water partition coefficient (Wildman–Crippen LogP) is 2.22. The summed E-state index contributed by atoms with van der Waals surface area (Å²) in [5.41, 5.74) is 1.51. The minimum Gasteiger partial charge on any atom is -0.477 e. The first kappa shape index (κ1) is 14.2. The number of rotatable bonds is 6.